The number of carbonyl (C=O) groups excluding carboxylic acids is 1. The number of amides is 1. The predicted molar refractivity (Wildman–Crippen MR) is 125 cm³/mol. The molecule has 6 heteroatoms. The monoisotopic (exact) mass is 429 g/mol. The maximum atomic E-state index is 12.4. The molecular weight excluding hydrogens is 406 g/mol. The van der Waals surface area contributed by atoms with Crippen molar-refractivity contribution in [1.29, 1.82) is 0 Å². The van der Waals surface area contributed by atoms with E-state index in [1.165, 1.54) is 5.56 Å². The zero-order chi connectivity index (χ0) is 21.6. The summed E-state index contributed by atoms with van der Waals surface area (Å²) < 4.78 is 5.67. The Labute approximate surface area is 185 Å². The van der Waals surface area contributed by atoms with Crippen molar-refractivity contribution in [2.75, 3.05) is 11.9 Å². The summed E-state index contributed by atoms with van der Waals surface area (Å²) in [7, 11) is 0. The Bertz CT molecular complexity index is 1170. The minimum absolute atomic E-state index is 0.0470. The van der Waals surface area contributed by atoms with Crippen LogP contribution in [0, 0.1) is 0 Å². The van der Waals surface area contributed by atoms with Crippen LogP contribution in [0.5, 0.6) is 5.75 Å². The van der Waals surface area contributed by atoms with Gasteiger partial charge in [0, 0.05) is 34.6 Å². The second kappa shape index (κ2) is 9.53. The highest BCUT2D eigenvalue weighted by molar-refractivity contribution is 7.13. The fourth-order valence-corrected chi connectivity index (χ4v) is 3.93. The summed E-state index contributed by atoms with van der Waals surface area (Å²) in [5.74, 6) is 0.897. The maximum Gasteiger partial charge on any atom is 0.262 e. The average molecular weight is 430 g/mol. The molecule has 0 saturated carbocycles. The third kappa shape index (κ3) is 5.35. The lowest BCUT2D eigenvalue weighted by atomic mass is 10.0. The Balaban J connectivity index is 1.40. The van der Waals surface area contributed by atoms with Crippen LogP contribution >= 0.6 is 11.3 Å². The van der Waals surface area contributed by atoms with Gasteiger partial charge in [0.05, 0.1) is 5.69 Å². The van der Waals surface area contributed by atoms with Crippen molar-refractivity contribution < 1.29 is 9.53 Å². The van der Waals surface area contributed by atoms with E-state index in [-0.39, 0.29) is 12.5 Å². The lowest BCUT2D eigenvalue weighted by Gasteiger charge is -2.10. The summed E-state index contributed by atoms with van der Waals surface area (Å²) >= 11 is 1.58. The van der Waals surface area contributed by atoms with Crippen LogP contribution in [0.4, 0.5) is 5.69 Å². The molecule has 0 saturated heterocycles. The Morgan fingerprint density at radius 2 is 1.84 bits per heavy atom. The van der Waals surface area contributed by atoms with Gasteiger partial charge in [-0.1, -0.05) is 38.1 Å². The minimum atomic E-state index is -0.206. The molecule has 0 aliphatic carbocycles. The molecule has 0 bridgehead atoms. The average Bonchev–Trinajstić information content (AvgIpc) is 3.29. The van der Waals surface area contributed by atoms with Gasteiger partial charge in [-0.3, -0.25) is 9.78 Å². The van der Waals surface area contributed by atoms with Crippen molar-refractivity contribution in [3.8, 4) is 27.6 Å². The smallest absolute Gasteiger partial charge is 0.262 e. The van der Waals surface area contributed by atoms with Crippen molar-refractivity contribution >= 4 is 22.9 Å². The molecule has 2 heterocycles. The van der Waals surface area contributed by atoms with E-state index in [4.69, 9.17) is 9.72 Å². The molecule has 2 aromatic heterocycles. The molecule has 31 heavy (non-hydrogen) atoms. The second-order valence-corrected chi connectivity index (χ2v) is 8.28. The number of ether oxygens (including phenoxy) is 1. The van der Waals surface area contributed by atoms with Crippen LogP contribution in [0.25, 0.3) is 21.8 Å². The van der Waals surface area contributed by atoms with Crippen LogP contribution in [0.15, 0.2) is 78.4 Å². The molecule has 5 nitrogen and oxygen atoms in total. The molecule has 156 valence electrons. The van der Waals surface area contributed by atoms with E-state index >= 15 is 0 Å². The first-order valence-corrected chi connectivity index (χ1v) is 11.0. The van der Waals surface area contributed by atoms with E-state index in [9.17, 15) is 4.79 Å². The van der Waals surface area contributed by atoms with Crippen LogP contribution in [-0.2, 0) is 4.79 Å². The van der Waals surface area contributed by atoms with Gasteiger partial charge in [-0.05, 0) is 47.9 Å². The Morgan fingerprint density at radius 1 is 1.03 bits per heavy atom. The number of thiazole rings is 1. The quantitative estimate of drug-likeness (QED) is 0.391. The van der Waals surface area contributed by atoms with Crippen molar-refractivity contribution in [2.24, 2.45) is 0 Å². The topological polar surface area (TPSA) is 64.1 Å². The lowest BCUT2D eigenvalue weighted by molar-refractivity contribution is -0.118. The first-order valence-electron chi connectivity index (χ1n) is 10.1. The molecule has 2 aromatic carbocycles. The van der Waals surface area contributed by atoms with Crippen molar-refractivity contribution in [2.45, 2.75) is 19.8 Å². The number of aromatic nitrogens is 2. The zero-order valence-corrected chi connectivity index (χ0v) is 18.2. The van der Waals surface area contributed by atoms with E-state index in [2.05, 4.69) is 30.2 Å². The largest absolute Gasteiger partial charge is 0.484 e. The highest BCUT2D eigenvalue weighted by atomic mass is 32.1. The van der Waals surface area contributed by atoms with E-state index in [1.807, 2.05) is 60.0 Å². The zero-order valence-electron chi connectivity index (χ0n) is 17.4. The van der Waals surface area contributed by atoms with Crippen LogP contribution in [-0.4, -0.2) is 22.5 Å². The second-order valence-electron chi connectivity index (χ2n) is 7.42. The van der Waals surface area contributed by atoms with Crippen LogP contribution in [0.1, 0.15) is 25.3 Å². The number of nitrogens with zero attached hydrogens (tertiary/aromatic N) is 2. The third-order valence-corrected chi connectivity index (χ3v) is 5.66. The minimum Gasteiger partial charge on any atom is -0.484 e. The van der Waals surface area contributed by atoms with Crippen molar-refractivity contribution in [3.63, 3.8) is 0 Å². The number of hydrogen-bond acceptors (Lipinski definition) is 5. The number of benzene rings is 2. The third-order valence-electron chi connectivity index (χ3n) is 4.77. The number of carbonyl (C=O) groups is 1. The molecule has 0 unspecified atom stereocenters. The number of pyridine rings is 1. The first-order chi connectivity index (χ1) is 15.1. The van der Waals surface area contributed by atoms with Gasteiger partial charge < -0.3 is 10.1 Å². The van der Waals surface area contributed by atoms with Gasteiger partial charge >= 0.3 is 0 Å². The maximum absolute atomic E-state index is 12.4. The number of rotatable bonds is 7. The van der Waals surface area contributed by atoms with Crippen molar-refractivity contribution in [3.05, 3.63) is 84.0 Å². The van der Waals surface area contributed by atoms with Crippen molar-refractivity contribution in [1.82, 2.24) is 9.97 Å². The standard InChI is InChI=1S/C25H23N3O2S/c1-17(2)19-5-4-8-22(14-19)30-15-24(29)27-21-7-3-6-20(13-21)23-16-31-25(28-23)18-9-11-26-12-10-18/h3-14,16-17H,15H2,1-2H3,(H,27,29). The molecule has 0 radical (unpaired) electrons. The summed E-state index contributed by atoms with van der Waals surface area (Å²) in [6.07, 6.45) is 3.52. The van der Waals surface area contributed by atoms with E-state index in [1.54, 1.807) is 23.7 Å². The first kappa shape index (κ1) is 20.8. The SMILES string of the molecule is CC(C)c1cccc(OCC(=O)Nc2cccc(-c3csc(-c4ccncc4)n3)c2)c1. The van der Waals surface area contributed by atoms with E-state index in [0.717, 1.165) is 21.8 Å². The van der Waals surface area contributed by atoms with Gasteiger partial charge in [0.1, 0.15) is 10.8 Å². The van der Waals surface area contributed by atoms with Crippen LogP contribution < -0.4 is 10.1 Å². The summed E-state index contributed by atoms with van der Waals surface area (Å²) in [5.41, 5.74) is 4.74. The molecule has 4 aromatic rings. The fourth-order valence-electron chi connectivity index (χ4n) is 3.10. The van der Waals surface area contributed by atoms with Gasteiger partial charge in [0.25, 0.3) is 5.91 Å². The normalized spacial score (nSPS) is 10.8. The predicted octanol–water partition coefficient (Wildman–Crippen LogP) is 6.01. The molecule has 0 spiro atoms. The Kier molecular flexibility index (Phi) is 6.38. The molecule has 0 aliphatic heterocycles. The molecule has 0 aliphatic rings. The van der Waals surface area contributed by atoms with Crippen LogP contribution in [0.2, 0.25) is 0 Å². The lowest BCUT2D eigenvalue weighted by Crippen LogP contribution is -2.20. The van der Waals surface area contributed by atoms with E-state index < -0.39 is 0 Å². The van der Waals surface area contributed by atoms with Gasteiger partial charge in [0.2, 0.25) is 0 Å². The molecule has 4 rings (SSSR count). The molecule has 0 fully saturated rings. The molecule has 1 amide bonds. The van der Waals surface area contributed by atoms with Gasteiger partial charge in [0.15, 0.2) is 6.61 Å². The summed E-state index contributed by atoms with van der Waals surface area (Å²) in [5, 5.41) is 5.85. The number of nitrogens with one attached hydrogen (secondary N) is 1. The highest BCUT2D eigenvalue weighted by Gasteiger charge is 2.09. The fraction of sp³-hybridized carbons (Fsp3) is 0.160. The molecule has 1 N–H and O–H groups in total. The number of hydrogen-bond donors (Lipinski definition) is 1. The highest BCUT2D eigenvalue weighted by Crippen LogP contribution is 2.29. The Morgan fingerprint density at radius 3 is 2.65 bits per heavy atom. The van der Waals surface area contributed by atoms with Gasteiger partial charge in [-0.25, -0.2) is 4.98 Å². The van der Waals surface area contributed by atoms with Gasteiger partial charge in [-0.15, -0.1) is 11.3 Å². The van der Waals surface area contributed by atoms with Crippen LogP contribution in [0.3, 0.4) is 0 Å². The summed E-state index contributed by atoms with van der Waals surface area (Å²) in [4.78, 5) is 21.2. The summed E-state index contributed by atoms with van der Waals surface area (Å²) in [6.45, 7) is 4.21. The summed E-state index contributed by atoms with van der Waals surface area (Å²) in [6, 6.07) is 19.4. The Hall–Kier alpha value is -3.51. The molecule has 0 atom stereocenters. The van der Waals surface area contributed by atoms with Gasteiger partial charge in [-0.2, -0.15) is 0 Å². The molecular formula is C25H23N3O2S. The van der Waals surface area contributed by atoms with E-state index in [0.29, 0.717) is 17.4 Å². The number of anilines is 1.